The standard InChI is InChI=1S/C10H17NO4/c1-3-14-10(13)9-6-8(15-11-9)5-4-7(2)12/h6-8,11-12H,3-5H2,1-2H3. The summed E-state index contributed by atoms with van der Waals surface area (Å²) in [6.07, 6.45) is 2.47. The third-order valence-electron chi connectivity index (χ3n) is 2.04. The van der Waals surface area contributed by atoms with Crippen molar-refractivity contribution in [3.8, 4) is 0 Å². The zero-order chi connectivity index (χ0) is 11.3. The van der Waals surface area contributed by atoms with Gasteiger partial charge in [0.15, 0.2) is 0 Å². The molecule has 0 saturated carbocycles. The van der Waals surface area contributed by atoms with Gasteiger partial charge in [0.1, 0.15) is 11.8 Å². The quantitative estimate of drug-likeness (QED) is 0.653. The van der Waals surface area contributed by atoms with Gasteiger partial charge in [0.2, 0.25) is 0 Å². The molecule has 0 fully saturated rings. The van der Waals surface area contributed by atoms with Crippen molar-refractivity contribution in [3.05, 3.63) is 11.8 Å². The van der Waals surface area contributed by atoms with E-state index in [1.807, 2.05) is 0 Å². The summed E-state index contributed by atoms with van der Waals surface area (Å²) >= 11 is 0. The number of carbonyl (C=O) groups is 1. The fourth-order valence-corrected chi connectivity index (χ4v) is 1.26. The topological polar surface area (TPSA) is 67.8 Å². The summed E-state index contributed by atoms with van der Waals surface area (Å²) in [7, 11) is 0. The average Bonchev–Trinajstić information content (AvgIpc) is 2.63. The van der Waals surface area contributed by atoms with Crippen LogP contribution in [-0.2, 0) is 14.4 Å². The molecule has 5 nitrogen and oxygen atoms in total. The van der Waals surface area contributed by atoms with Crippen LogP contribution in [0, 0.1) is 0 Å². The minimum Gasteiger partial charge on any atom is -0.461 e. The monoisotopic (exact) mass is 215 g/mol. The van der Waals surface area contributed by atoms with E-state index in [9.17, 15) is 4.79 Å². The number of aliphatic hydroxyl groups is 1. The van der Waals surface area contributed by atoms with Crippen LogP contribution in [0.4, 0.5) is 0 Å². The number of rotatable bonds is 5. The Bertz CT molecular complexity index is 250. The molecule has 1 rings (SSSR count). The van der Waals surface area contributed by atoms with Gasteiger partial charge in [-0.15, -0.1) is 0 Å². The van der Waals surface area contributed by atoms with E-state index >= 15 is 0 Å². The van der Waals surface area contributed by atoms with Crippen molar-refractivity contribution >= 4 is 5.97 Å². The Morgan fingerprint density at radius 1 is 1.80 bits per heavy atom. The van der Waals surface area contributed by atoms with Gasteiger partial charge in [0, 0.05) is 0 Å². The van der Waals surface area contributed by atoms with Gasteiger partial charge in [-0.05, 0) is 32.8 Å². The average molecular weight is 215 g/mol. The Balaban J connectivity index is 2.37. The summed E-state index contributed by atoms with van der Waals surface area (Å²) in [5, 5.41) is 9.08. The third-order valence-corrected chi connectivity index (χ3v) is 2.04. The lowest BCUT2D eigenvalue weighted by Crippen LogP contribution is -2.19. The van der Waals surface area contributed by atoms with E-state index in [1.165, 1.54) is 0 Å². The number of hydrogen-bond donors (Lipinski definition) is 2. The maximum absolute atomic E-state index is 11.2. The van der Waals surface area contributed by atoms with Gasteiger partial charge in [0.25, 0.3) is 0 Å². The summed E-state index contributed by atoms with van der Waals surface area (Å²) in [6.45, 7) is 3.81. The number of esters is 1. The van der Waals surface area contributed by atoms with Gasteiger partial charge in [-0.1, -0.05) is 0 Å². The SMILES string of the molecule is CCOC(=O)C1=CC(CCC(C)O)ON1. The summed E-state index contributed by atoms with van der Waals surface area (Å²) in [6, 6.07) is 0. The van der Waals surface area contributed by atoms with E-state index in [-0.39, 0.29) is 12.2 Å². The van der Waals surface area contributed by atoms with E-state index in [1.54, 1.807) is 19.9 Å². The van der Waals surface area contributed by atoms with Crippen LogP contribution in [0.25, 0.3) is 0 Å². The lowest BCUT2D eigenvalue weighted by Gasteiger charge is -2.08. The maximum Gasteiger partial charge on any atom is 0.356 e. The zero-order valence-corrected chi connectivity index (χ0v) is 9.03. The van der Waals surface area contributed by atoms with Crippen LogP contribution >= 0.6 is 0 Å². The Labute approximate surface area is 89.0 Å². The largest absolute Gasteiger partial charge is 0.461 e. The van der Waals surface area contributed by atoms with E-state index in [0.29, 0.717) is 25.1 Å². The van der Waals surface area contributed by atoms with Crippen molar-refractivity contribution in [1.82, 2.24) is 5.48 Å². The number of hydroxylamine groups is 1. The van der Waals surface area contributed by atoms with Crippen LogP contribution in [0.3, 0.4) is 0 Å². The van der Waals surface area contributed by atoms with Crippen molar-refractivity contribution in [2.75, 3.05) is 6.61 Å². The lowest BCUT2D eigenvalue weighted by atomic mass is 10.1. The molecule has 1 heterocycles. The normalized spacial score (nSPS) is 21.8. The highest BCUT2D eigenvalue weighted by Gasteiger charge is 2.22. The molecule has 0 saturated heterocycles. The molecule has 15 heavy (non-hydrogen) atoms. The Morgan fingerprint density at radius 3 is 3.13 bits per heavy atom. The minimum absolute atomic E-state index is 0.168. The first-order valence-electron chi connectivity index (χ1n) is 5.12. The first-order valence-corrected chi connectivity index (χ1v) is 5.12. The van der Waals surface area contributed by atoms with Gasteiger partial charge in [0.05, 0.1) is 12.7 Å². The summed E-state index contributed by atoms with van der Waals surface area (Å²) < 4.78 is 4.80. The first kappa shape index (κ1) is 12.0. The second kappa shape index (κ2) is 5.72. The van der Waals surface area contributed by atoms with E-state index in [4.69, 9.17) is 14.7 Å². The predicted octanol–water partition coefficient (Wildman–Crippen LogP) is 0.498. The van der Waals surface area contributed by atoms with E-state index in [2.05, 4.69) is 5.48 Å². The van der Waals surface area contributed by atoms with Gasteiger partial charge in [-0.2, -0.15) is 0 Å². The number of aliphatic hydroxyl groups excluding tert-OH is 1. The van der Waals surface area contributed by atoms with Crippen molar-refractivity contribution in [1.29, 1.82) is 0 Å². The van der Waals surface area contributed by atoms with Gasteiger partial charge in [-0.3, -0.25) is 10.3 Å². The molecule has 2 unspecified atom stereocenters. The van der Waals surface area contributed by atoms with E-state index < -0.39 is 5.97 Å². The molecule has 0 aromatic rings. The van der Waals surface area contributed by atoms with Crippen LogP contribution in [0.2, 0.25) is 0 Å². The van der Waals surface area contributed by atoms with Crippen LogP contribution in [-0.4, -0.2) is 29.9 Å². The van der Waals surface area contributed by atoms with Crippen LogP contribution in [0.1, 0.15) is 26.7 Å². The molecule has 0 radical (unpaired) electrons. The smallest absolute Gasteiger partial charge is 0.356 e. The summed E-state index contributed by atoms with van der Waals surface area (Å²) in [4.78, 5) is 16.4. The zero-order valence-electron chi connectivity index (χ0n) is 9.03. The third kappa shape index (κ3) is 3.89. The molecule has 0 amide bonds. The number of carbonyl (C=O) groups excluding carboxylic acids is 1. The molecule has 2 atom stereocenters. The Hall–Kier alpha value is -1.07. The number of nitrogens with one attached hydrogen (secondary N) is 1. The summed E-state index contributed by atoms with van der Waals surface area (Å²) in [5.74, 6) is -0.406. The molecule has 5 heteroatoms. The molecule has 0 bridgehead atoms. The molecule has 0 aromatic heterocycles. The molecule has 86 valence electrons. The number of ether oxygens (including phenoxy) is 1. The first-order chi connectivity index (χ1) is 7.13. The molecular weight excluding hydrogens is 198 g/mol. The highest BCUT2D eigenvalue weighted by Crippen LogP contribution is 2.14. The molecule has 0 spiro atoms. The predicted molar refractivity (Wildman–Crippen MR) is 53.6 cm³/mol. The molecule has 0 aromatic carbocycles. The Kier molecular flexibility index (Phi) is 4.58. The molecular formula is C10H17NO4. The van der Waals surface area contributed by atoms with Crippen molar-refractivity contribution < 1.29 is 19.5 Å². The van der Waals surface area contributed by atoms with Crippen molar-refractivity contribution in [3.63, 3.8) is 0 Å². The molecule has 1 aliphatic heterocycles. The highest BCUT2D eigenvalue weighted by molar-refractivity contribution is 5.87. The van der Waals surface area contributed by atoms with Crippen molar-refractivity contribution in [2.45, 2.75) is 38.9 Å². The van der Waals surface area contributed by atoms with Crippen LogP contribution < -0.4 is 5.48 Å². The maximum atomic E-state index is 11.2. The molecule has 1 aliphatic rings. The second-order valence-electron chi connectivity index (χ2n) is 3.49. The van der Waals surface area contributed by atoms with Crippen molar-refractivity contribution in [2.24, 2.45) is 0 Å². The van der Waals surface area contributed by atoms with Gasteiger partial charge < -0.3 is 9.84 Å². The fraction of sp³-hybridized carbons (Fsp3) is 0.700. The number of hydrogen-bond acceptors (Lipinski definition) is 5. The minimum atomic E-state index is -0.406. The van der Waals surface area contributed by atoms with E-state index in [0.717, 1.165) is 0 Å². The van der Waals surface area contributed by atoms with Gasteiger partial charge in [-0.25, -0.2) is 4.79 Å². The second-order valence-corrected chi connectivity index (χ2v) is 3.49. The highest BCUT2D eigenvalue weighted by atomic mass is 16.7. The molecule has 0 aliphatic carbocycles. The van der Waals surface area contributed by atoms with Crippen LogP contribution in [0.15, 0.2) is 11.8 Å². The van der Waals surface area contributed by atoms with Crippen LogP contribution in [0.5, 0.6) is 0 Å². The molecule has 2 N–H and O–H groups in total. The van der Waals surface area contributed by atoms with Gasteiger partial charge >= 0.3 is 5.97 Å². The summed E-state index contributed by atoms with van der Waals surface area (Å²) in [5.41, 5.74) is 2.86. The fourth-order valence-electron chi connectivity index (χ4n) is 1.26. The Morgan fingerprint density at radius 2 is 2.53 bits per heavy atom. The lowest BCUT2D eigenvalue weighted by molar-refractivity contribution is -0.140.